The van der Waals surface area contributed by atoms with Crippen molar-refractivity contribution in [2.75, 3.05) is 11.6 Å². The topological polar surface area (TPSA) is 38.3 Å². The van der Waals surface area contributed by atoms with Crippen LogP contribution in [0, 0.1) is 0 Å². The average Bonchev–Trinajstić information content (AvgIpc) is 2.14. The lowest BCUT2D eigenvalue weighted by molar-refractivity contribution is 0.0636. The van der Waals surface area contributed by atoms with Crippen LogP contribution in [-0.4, -0.2) is 18.0 Å². The van der Waals surface area contributed by atoms with E-state index in [2.05, 4.69) is 21.2 Å². The predicted molar refractivity (Wildman–Crippen MR) is 75.8 cm³/mol. The van der Waals surface area contributed by atoms with E-state index in [9.17, 15) is 4.79 Å². The first kappa shape index (κ1) is 14.4. The van der Waals surface area contributed by atoms with E-state index >= 15 is 0 Å². The molecule has 0 saturated heterocycles. The Hall–Kier alpha value is -0.680. The quantitative estimate of drug-likeness (QED) is 0.815. The van der Waals surface area contributed by atoms with Crippen molar-refractivity contribution in [3.63, 3.8) is 0 Å². The number of thioether (sulfide) groups is 1. The molecule has 1 aromatic rings. The molecule has 0 saturated carbocycles. The van der Waals surface area contributed by atoms with E-state index in [1.54, 1.807) is 11.8 Å². The monoisotopic (exact) mass is 317 g/mol. The van der Waals surface area contributed by atoms with Gasteiger partial charge in [-0.2, -0.15) is 0 Å². The number of amides is 1. The molecule has 1 N–H and O–H groups in total. The summed E-state index contributed by atoms with van der Waals surface area (Å²) in [7, 11) is 0. The Balaban J connectivity index is 2.69. The second-order valence-electron chi connectivity index (χ2n) is 4.48. The van der Waals surface area contributed by atoms with Crippen molar-refractivity contribution < 1.29 is 9.53 Å². The number of rotatable bonds is 2. The molecule has 5 heteroatoms. The van der Waals surface area contributed by atoms with Crippen LogP contribution in [0.1, 0.15) is 20.8 Å². The molecule has 0 spiro atoms. The number of hydrogen-bond acceptors (Lipinski definition) is 3. The highest BCUT2D eigenvalue weighted by Gasteiger charge is 2.16. The van der Waals surface area contributed by atoms with Gasteiger partial charge in [0.2, 0.25) is 0 Å². The third kappa shape index (κ3) is 5.00. The minimum absolute atomic E-state index is 0.443. The van der Waals surface area contributed by atoms with E-state index in [0.29, 0.717) is 5.69 Å². The van der Waals surface area contributed by atoms with Gasteiger partial charge in [-0.3, -0.25) is 5.32 Å². The lowest BCUT2D eigenvalue weighted by Crippen LogP contribution is -2.27. The lowest BCUT2D eigenvalue weighted by Gasteiger charge is -2.19. The third-order valence-electron chi connectivity index (χ3n) is 1.80. The van der Waals surface area contributed by atoms with Gasteiger partial charge < -0.3 is 4.74 Å². The molecule has 17 heavy (non-hydrogen) atoms. The normalized spacial score (nSPS) is 11.1. The SMILES string of the molecule is CSc1ccc(NC(=O)OC(C)(C)C)cc1Br. The van der Waals surface area contributed by atoms with E-state index in [0.717, 1.165) is 9.37 Å². The van der Waals surface area contributed by atoms with Crippen LogP contribution in [0.5, 0.6) is 0 Å². The zero-order valence-electron chi connectivity index (χ0n) is 10.3. The zero-order chi connectivity index (χ0) is 13.1. The fourth-order valence-corrected chi connectivity index (χ4v) is 2.49. The van der Waals surface area contributed by atoms with Crippen LogP contribution in [0.2, 0.25) is 0 Å². The first-order valence-corrected chi connectivity index (χ1v) is 7.17. The summed E-state index contributed by atoms with van der Waals surface area (Å²) in [4.78, 5) is 12.7. The van der Waals surface area contributed by atoms with Gasteiger partial charge in [0, 0.05) is 15.1 Å². The maximum Gasteiger partial charge on any atom is 0.412 e. The van der Waals surface area contributed by atoms with Gasteiger partial charge >= 0.3 is 6.09 Å². The average molecular weight is 318 g/mol. The fourth-order valence-electron chi connectivity index (χ4n) is 1.17. The summed E-state index contributed by atoms with van der Waals surface area (Å²) in [5.74, 6) is 0. The molecule has 0 aliphatic heterocycles. The van der Waals surface area contributed by atoms with Gasteiger partial charge in [0.05, 0.1) is 0 Å². The van der Waals surface area contributed by atoms with Gasteiger partial charge in [-0.25, -0.2) is 4.79 Å². The number of nitrogens with one attached hydrogen (secondary N) is 1. The van der Waals surface area contributed by atoms with E-state index in [-0.39, 0.29) is 0 Å². The Labute approximate surface area is 114 Å². The molecule has 0 aliphatic rings. The van der Waals surface area contributed by atoms with Crippen LogP contribution in [0.3, 0.4) is 0 Å². The zero-order valence-corrected chi connectivity index (χ0v) is 12.7. The predicted octanol–water partition coefficient (Wildman–Crippen LogP) is 4.52. The van der Waals surface area contributed by atoms with Gasteiger partial charge in [-0.05, 0) is 61.2 Å². The molecule has 1 rings (SSSR count). The summed E-state index contributed by atoms with van der Waals surface area (Å²) < 4.78 is 6.12. The van der Waals surface area contributed by atoms with Crippen molar-refractivity contribution >= 4 is 39.5 Å². The number of ether oxygens (including phenoxy) is 1. The molecule has 0 aliphatic carbocycles. The van der Waals surface area contributed by atoms with Crippen LogP contribution in [-0.2, 0) is 4.74 Å². The second-order valence-corrected chi connectivity index (χ2v) is 6.18. The van der Waals surface area contributed by atoms with Crippen molar-refractivity contribution in [3.05, 3.63) is 22.7 Å². The summed E-state index contributed by atoms with van der Waals surface area (Å²) in [5.41, 5.74) is 0.226. The van der Waals surface area contributed by atoms with Gasteiger partial charge in [0.25, 0.3) is 0 Å². The highest BCUT2D eigenvalue weighted by atomic mass is 79.9. The maximum absolute atomic E-state index is 11.5. The Morgan fingerprint density at radius 1 is 1.41 bits per heavy atom. The molecule has 94 valence electrons. The summed E-state index contributed by atoms with van der Waals surface area (Å²) in [6.07, 6.45) is 1.56. The Kier molecular flexibility index (Phi) is 4.89. The van der Waals surface area contributed by atoms with Crippen LogP contribution in [0.4, 0.5) is 10.5 Å². The molecule has 1 amide bonds. The van der Waals surface area contributed by atoms with Gasteiger partial charge in [-0.1, -0.05) is 0 Å². The molecule has 1 aromatic carbocycles. The smallest absolute Gasteiger partial charge is 0.412 e. The van der Waals surface area contributed by atoms with Crippen LogP contribution in [0.15, 0.2) is 27.6 Å². The van der Waals surface area contributed by atoms with E-state index < -0.39 is 11.7 Å². The number of carbonyl (C=O) groups is 1. The highest BCUT2D eigenvalue weighted by molar-refractivity contribution is 9.10. The van der Waals surface area contributed by atoms with E-state index in [4.69, 9.17) is 4.74 Å². The summed E-state index contributed by atoms with van der Waals surface area (Å²) in [6, 6.07) is 5.65. The minimum Gasteiger partial charge on any atom is -0.444 e. The molecule has 0 fully saturated rings. The van der Waals surface area contributed by atoms with Crippen molar-refractivity contribution in [2.24, 2.45) is 0 Å². The molecule has 0 aromatic heterocycles. The first-order valence-electron chi connectivity index (χ1n) is 5.15. The molecule has 0 unspecified atom stereocenters. The third-order valence-corrected chi connectivity index (χ3v) is 3.51. The molecular formula is C12H16BrNO2S. The Bertz CT molecular complexity index is 415. The highest BCUT2D eigenvalue weighted by Crippen LogP contribution is 2.28. The van der Waals surface area contributed by atoms with E-state index in [1.165, 1.54) is 0 Å². The van der Waals surface area contributed by atoms with Crippen LogP contribution in [0.25, 0.3) is 0 Å². The molecule has 0 radical (unpaired) electrons. The second kappa shape index (κ2) is 5.78. The largest absolute Gasteiger partial charge is 0.444 e. The molecule has 0 atom stereocenters. The molecule has 0 heterocycles. The number of carbonyl (C=O) groups excluding carboxylic acids is 1. The number of halogens is 1. The van der Waals surface area contributed by atoms with Crippen molar-refractivity contribution in [1.29, 1.82) is 0 Å². The minimum atomic E-state index is -0.486. The molecule has 0 bridgehead atoms. The summed E-state index contributed by atoms with van der Waals surface area (Å²) in [6.45, 7) is 5.50. The first-order chi connectivity index (χ1) is 7.81. The van der Waals surface area contributed by atoms with Gasteiger partial charge in [0.1, 0.15) is 5.60 Å². The maximum atomic E-state index is 11.5. The van der Waals surface area contributed by atoms with Crippen molar-refractivity contribution in [2.45, 2.75) is 31.3 Å². The number of hydrogen-bond donors (Lipinski definition) is 1. The fraction of sp³-hybridized carbons (Fsp3) is 0.417. The standard InChI is InChI=1S/C12H16BrNO2S/c1-12(2,3)16-11(15)14-8-5-6-10(17-4)9(13)7-8/h5-7H,1-4H3,(H,14,15). The van der Waals surface area contributed by atoms with Gasteiger partial charge in [0.15, 0.2) is 0 Å². The summed E-state index contributed by atoms with van der Waals surface area (Å²) in [5, 5.41) is 2.69. The Morgan fingerprint density at radius 2 is 2.06 bits per heavy atom. The van der Waals surface area contributed by atoms with Crippen molar-refractivity contribution in [1.82, 2.24) is 0 Å². The number of anilines is 1. The van der Waals surface area contributed by atoms with Crippen molar-refractivity contribution in [3.8, 4) is 0 Å². The van der Waals surface area contributed by atoms with Crippen LogP contribution < -0.4 is 5.32 Å². The van der Waals surface area contributed by atoms with E-state index in [1.807, 2.05) is 45.2 Å². The molecule has 3 nitrogen and oxygen atoms in total. The van der Waals surface area contributed by atoms with Crippen LogP contribution >= 0.6 is 27.7 Å². The molecular weight excluding hydrogens is 302 g/mol. The van der Waals surface area contributed by atoms with Gasteiger partial charge in [-0.15, -0.1) is 11.8 Å². The summed E-state index contributed by atoms with van der Waals surface area (Å²) >= 11 is 5.09. The lowest BCUT2D eigenvalue weighted by atomic mass is 10.2. The number of benzene rings is 1. The Morgan fingerprint density at radius 3 is 2.53 bits per heavy atom.